The third-order valence-electron chi connectivity index (χ3n) is 5.55. The lowest BCUT2D eigenvalue weighted by Crippen LogP contribution is -2.60. The first-order chi connectivity index (χ1) is 7.98. The summed E-state index contributed by atoms with van der Waals surface area (Å²) in [6.07, 6.45) is 1.73. The van der Waals surface area contributed by atoms with Gasteiger partial charge in [0.05, 0.1) is 6.61 Å². The smallest absolute Gasteiger partial charge is 0.282 e. The van der Waals surface area contributed by atoms with E-state index in [-0.39, 0.29) is 11.3 Å². The summed E-state index contributed by atoms with van der Waals surface area (Å²) in [5.74, 6) is -0.567. The van der Waals surface area contributed by atoms with Crippen LogP contribution in [-0.2, 0) is 9.53 Å². The van der Waals surface area contributed by atoms with Gasteiger partial charge in [0.15, 0.2) is 5.60 Å². The highest BCUT2D eigenvalue weighted by molar-refractivity contribution is 6.17. The first-order valence-electron chi connectivity index (χ1n) is 5.79. The second kappa shape index (κ2) is 2.81. The molecule has 6 nitrogen and oxygen atoms in total. The fraction of sp³-hybridized carbons (Fsp3) is 0.818. The van der Waals surface area contributed by atoms with E-state index in [1.54, 1.807) is 5.48 Å². The molecule has 2 aliphatic carbocycles. The Kier molecular flexibility index (Phi) is 1.82. The predicted molar refractivity (Wildman–Crippen MR) is 56.8 cm³/mol. The molecule has 2 saturated carbocycles. The highest BCUT2D eigenvalue weighted by Gasteiger charge is 2.82. The van der Waals surface area contributed by atoms with Crippen LogP contribution in [0.2, 0.25) is 0 Å². The molecule has 1 amide bonds. The summed E-state index contributed by atoms with van der Waals surface area (Å²) >= 11 is 0. The van der Waals surface area contributed by atoms with E-state index in [0.29, 0.717) is 12.3 Å². The quantitative estimate of drug-likeness (QED) is 0.354. The summed E-state index contributed by atoms with van der Waals surface area (Å²) < 4.78 is 5.67. The SMILES string of the molecule is C[C@@]12CC[C@@H]3/C(=N\O)[C@]1(C(=O)NO)OC[C@]32C. The molecule has 3 N–H and O–H groups in total. The van der Waals surface area contributed by atoms with Crippen LogP contribution in [0, 0.1) is 16.7 Å². The summed E-state index contributed by atoms with van der Waals surface area (Å²) in [5, 5.41) is 21.4. The molecule has 17 heavy (non-hydrogen) atoms. The number of carbonyl (C=O) groups is 1. The van der Waals surface area contributed by atoms with Crippen molar-refractivity contribution in [3.05, 3.63) is 0 Å². The zero-order chi connectivity index (χ0) is 12.5. The standard InChI is InChI=1S/C11H16N2O4/c1-9-5-17-11(8(14)13-16)7(12-15)6(9)3-4-10(9,11)2/h6,15-16H,3-5H2,1-2H3,(H,13,14)/b12-7+/t6-,9-,10+,11-/m1/s1. The molecule has 0 radical (unpaired) electrons. The highest BCUT2D eigenvalue weighted by atomic mass is 16.5. The Labute approximate surface area is 98.6 Å². The average Bonchev–Trinajstić information content (AvgIpc) is 2.78. The minimum Gasteiger partial charge on any atom is -0.411 e. The van der Waals surface area contributed by atoms with Crippen molar-refractivity contribution >= 4 is 11.6 Å². The van der Waals surface area contributed by atoms with Crippen molar-refractivity contribution in [1.82, 2.24) is 5.48 Å². The van der Waals surface area contributed by atoms with Gasteiger partial charge in [-0.05, 0) is 12.8 Å². The van der Waals surface area contributed by atoms with Crippen LogP contribution in [0.3, 0.4) is 0 Å². The van der Waals surface area contributed by atoms with Crippen molar-refractivity contribution in [2.45, 2.75) is 32.3 Å². The molecule has 0 aromatic rings. The van der Waals surface area contributed by atoms with Crippen molar-refractivity contribution in [3.63, 3.8) is 0 Å². The van der Waals surface area contributed by atoms with Gasteiger partial charge in [-0.15, -0.1) is 0 Å². The Hall–Kier alpha value is -1.14. The van der Waals surface area contributed by atoms with Crippen LogP contribution in [0.5, 0.6) is 0 Å². The normalized spacial score (nSPS) is 53.4. The van der Waals surface area contributed by atoms with E-state index in [2.05, 4.69) is 12.1 Å². The summed E-state index contributed by atoms with van der Waals surface area (Å²) in [6.45, 7) is 4.50. The minimum absolute atomic E-state index is 0.0588. The van der Waals surface area contributed by atoms with Crippen LogP contribution in [-0.4, -0.2) is 34.2 Å². The lowest BCUT2D eigenvalue weighted by atomic mass is 9.66. The van der Waals surface area contributed by atoms with E-state index >= 15 is 0 Å². The maximum Gasteiger partial charge on any atom is 0.282 e. The van der Waals surface area contributed by atoms with Crippen molar-refractivity contribution in [1.29, 1.82) is 0 Å². The van der Waals surface area contributed by atoms with Crippen LogP contribution in [0.15, 0.2) is 5.16 Å². The Balaban J connectivity index is 2.25. The zero-order valence-electron chi connectivity index (χ0n) is 9.86. The topological polar surface area (TPSA) is 91.2 Å². The van der Waals surface area contributed by atoms with Crippen LogP contribution >= 0.6 is 0 Å². The molecule has 3 aliphatic rings. The third kappa shape index (κ3) is 0.788. The molecule has 0 unspecified atom stereocenters. The van der Waals surface area contributed by atoms with Crippen LogP contribution in [0.25, 0.3) is 0 Å². The fourth-order valence-corrected chi connectivity index (χ4v) is 4.37. The van der Waals surface area contributed by atoms with E-state index in [4.69, 9.17) is 9.94 Å². The van der Waals surface area contributed by atoms with E-state index in [9.17, 15) is 10.0 Å². The van der Waals surface area contributed by atoms with Gasteiger partial charge in [-0.1, -0.05) is 19.0 Å². The van der Waals surface area contributed by atoms with E-state index in [0.717, 1.165) is 12.8 Å². The molecule has 1 heterocycles. The number of hydroxylamine groups is 1. The van der Waals surface area contributed by atoms with Gasteiger partial charge in [0.2, 0.25) is 0 Å². The maximum atomic E-state index is 12.0. The largest absolute Gasteiger partial charge is 0.411 e. The Morgan fingerprint density at radius 2 is 2.29 bits per heavy atom. The minimum atomic E-state index is -1.30. The van der Waals surface area contributed by atoms with Gasteiger partial charge in [-0.25, -0.2) is 5.48 Å². The Bertz CT molecular complexity index is 437. The summed E-state index contributed by atoms with van der Waals surface area (Å²) in [5.41, 5.74) is 0.120. The molecule has 94 valence electrons. The van der Waals surface area contributed by atoms with Crippen molar-refractivity contribution in [3.8, 4) is 0 Å². The highest BCUT2D eigenvalue weighted by Crippen LogP contribution is 2.73. The molecule has 1 saturated heterocycles. The maximum absolute atomic E-state index is 12.0. The first-order valence-corrected chi connectivity index (χ1v) is 5.79. The van der Waals surface area contributed by atoms with Gasteiger partial charge in [0.1, 0.15) is 5.71 Å². The lowest BCUT2D eigenvalue weighted by molar-refractivity contribution is -0.150. The number of amides is 1. The average molecular weight is 240 g/mol. The zero-order valence-corrected chi connectivity index (χ0v) is 9.86. The monoisotopic (exact) mass is 240 g/mol. The molecular formula is C11H16N2O4. The molecule has 3 rings (SSSR count). The number of rotatable bonds is 1. The number of nitrogens with zero attached hydrogens (tertiary/aromatic N) is 1. The fourth-order valence-electron chi connectivity index (χ4n) is 4.37. The number of nitrogens with one attached hydrogen (secondary N) is 1. The van der Waals surface area contributed by atoms with Gasteiger partial charge in [0, 0.05) is 16.7 Å². The van der Waals surface area contributed by atoms with E-state index in [1.807, 2.05) is 6.92 Å². The molecule has 4 atom stereocenters. The van der Waals surface area contributed by atoms with Gasteiger partial charge < -0.3 is 9.94 Å². The molecule has 1 aliphatic heterocycles. The lowest BCUT2D eigenvalue weighted by Gasteiger charge is -2.39. The summed E-state index contributed by atoms with van der Waals surface area (Å²) in [6, 6.07) is 0. The number of hydrogen-bond donors (Lipinski definition) is 3. The first kappa shape index (κ1) is 11.0. The van der Waals surface area contributed by atoms with E-state index in [1.165, 1.54) is 0 Å². The second-order valence-corrected chi connectivity index (χ2v) is 5.74. The van der Waals surface area contributed by atoms with Crippen LogP contribution in [0.1, 0.15) is 26.7 Å². The molecular weight excluding hydrogens is 224 g/mol. The van der Waals surface area contributed by atoms with Gasteiger partial charge >= 0.3 is 0 Å². The van der Waals surface area contributed by atoms with E-state index < -0.39 is 16.9 Å². The summed E-state index contributed by atoms with van der Waals surface area (Å²) in [4.78, 5) is 12.0. The molecule has 0 spiro atoms. The molecule has 0 aromatic heterocycles. The molecule has 0 aromatic carbocycles. The third-order valence-corrected chi connectivity index (χ3v) is 5.55. The van der Waals surface area contributed by atoms with Gasteiger partial charge in [-0.2, -0.15) is 0 Å². The molecule has 4 bridgehead atoms. The molecule has 6 heteroatoms. The van der Waals surface area contributed by atoms with Crippen molar-refractivity contribution in [2.75, 3.05) is 6.61 Å². The van der Waals surface area contributed by atoms with Crippen LogP contribution < -0.4 is 5.48 Å². The predicted octanol–water partition coefficient (Wildman–Crippen LogP) is 0.527. The Morgan fingerprint density at radius 1 is 1.59 bits per heavy atom. The Morgan fingerprint density at radius 3 is 2.88 bits per heavy atom. The van der Waals surface area contributed by atoms with Crippen molar-refractivity contribution in [2.24, 2.45) is 21.9 Å². The summed E-state index contributed by atoms with van der Waals surface area (Å²) in [7, 11) is 0. The number of ether oxygens (including phenoxy) is 1. The number of oxime groups is 1. The van der Waals surface area contributed by atoms with Gasteiger partial charge in [0.25, 0.3) is 5.91 Å². The van der Waals surface area contributed by atoms with Crippen molar-refractivity contribution < 1.29 is 19.9 Å². The number of hydrogen-bond acceptors (Lipinski definition) is 5. The molecule has 3 fully saturated rings. The van der Waals surface area contributed by atoms with Gasteiger partial charge in [-0.3, -0.25) is 10.0 Å². The second-order valence-electron chi connectivity index (χ2n) is 5.74. The number of carbonyl (C=O) groups excluding carboxylic acids is 1. The van der Waals surface area contributed by atoms with Crippen LogP contribution in [0.4, 0.5) is 0 Å².